The van der Waals surface area contributed by atoms with Crippen LogP contribution >= 0.6 is 0 Å². The van der Waals surface area contributed by atoms with E-state index in [0.717, 1.165) is 12.8 Å². The summed E-state index contributed by atoms with van der Waals surface area (Å²) in [5.41, 5.74) is 9.60. The first-order chi connectivity index (χ1) is 7.54. The first kappa shape index (κ1) is 15.0. The Morgan fingerprint density at radius 3 is 2.44 bits per heavy atom. The molecule has 2 N–H and O–H groups in total. The van der Waals surface area contributed by atoms with Gasteiger partial charge in [-0.2, -0.15) is 0 Å². The van der Waals surface area contributed by atoms with Gasteiger partial charge in [0.2, 0.25) is 0 Å². The highest BCUT2D eigenvalue weighted by molar-refractivity contribution is 5.23. The molecule has 0 saturated carbocycles. The molecule has 1 nitrogen and oxygen atoms in total. The maximum absolute atomic E-state index is 5.70. The highest BCUT2D eigenvalue weighted by Gasteiger charge is 2.07. The lowest BCUT2D eigenvalue weighted by Crippen LogP contribution is -2.03. The van der Waals surface area contributed by atoms with Gasteiger partial charge in [-0.1, -0.05) is 51.0 Å². The van der Waals surface area contributed by atoms with E-state index in [1.807, 2.05) is 0 Å². The van der Waals surface area contributed by atoms with Crippen molar-refractivity contribution in [2.24, 2.45) is 11.7 Å². The smallest absolute Gasteiger partial charge is 0.00645 e. The largest absolute Gasteiger partial charge is 0.405 e. The van der Waals surface area contributed by atoms with Crippen LogP contribution in [0.3, 0.4) is 0 Å². The van der Waals surface area contributed by atoms with Gasteiger partial charge in [-0.15, -0.1) is 0 Å². The van der Waals surface area contributed by atoms with Crippen molar-refractivity contribution in [3.63, 3.8) is 0 Å². The normalized spacial score (nSPS) is 15.0. The van der Waals surface area contributed by atoms with Gasteiger partial charge < -0.3 is 5.73 Å². The number of allylic oxidation sites excluding steroid dienone is 4. The molecule has 0 aromatic carbocycles. The van der Waals surface area contributed by atoms with Crippen molar-refractivity contribution in [2.75, 3.05) is 0 Å². The van der Waals surface area contributed by atoms with E-state index in [9.17, 15) is 0 Å². The van der Waals surface area contributed by atoms with Crippen LogP contribution in [0.1, 0.15) is 53.4 Å². The second kappa shape index (κ2) is 8.20. The summed E-state index contributed by atoms with van der Waals surface area (Å²) in [5.74, 6) is 0.591. The minimum Gasteiger partial charge on any atom is -0.405 e. The van der Waals surface area contributed by atoms with Crippen molar-refractivity contribution in [1.82, 2.24) is 0 Å². The van der Waals surface area contributed by atoms with Crippen molar-refractivity contribution in [2.45, 2.75) is 53.4 Å². The fourth-order valence-corrected chi connectivity index (χ4v) is 1.84. The van der Waals surface area contributed by atoms with E-state index in [-0.39, 0.29) is 0 Å². The molecule has 92 valence electrons. The van der Waals surface area contributed by atoms with Gasteiger partial charge in [-0.3, -0.25) is 0 Å². The first-order valence-corrected chi connectivity index (χ1v) is 6.30. The van der Waals surface area contributed by atoms with Crippen LogP contribution in [0.2, 0.25) is 0 Å². The van der Waals surface area contributed by atoms with Crippen molar-refractivity contribution < 1.29 is 0 Å². The molecule has 1 heteroatoms. The van der Waals surface area contributed by atoms with E-state index >= 15 is 0 Å². The summed E-state index contributed by atoms with van der Waals surface area (Å²) >= 11 is 0. The second-order valence-electron chi connectivity index (χ2n) is 4.61. The van der Waals surface area contributed by atoms with Gasteiger partial charge >= 0.3 is 0 Å². The van der Waals surface area contributed by atoms with Crippen LogP contribution in [0.4, 0.5) is 0 Å². The lowest BCUT2D eigenvalue weighted by molar-refractivity contribution is 0.587. The molecular formula is C15H27N. The molecule has 0 aromatic rings. The number of hydrogen-bond donors (Lipinski definition) is 1. The quantitative estimate of drug-likeness (QED) is 0.626. The molecule has 0 aromatic heterocycles. The third kappa shape index (κ3) is 5.79. The lowest BCUT2D eigenvalue weighted by Gasteiger charge is -2.15. The van der Waals surface area contributed by atoms with Crippen LogP contribution in [0, 0.1) is 5.92 Å². The van der Waals surface area contributed by atoms with Gasteiger partial charge in [0.05, 0.1) is 0 Å². The van der Waals surface area contributed by atoms with Gasteiger partial charge in [-0.05, 0) is 43.9 Å². The molecule has 0 fully saturated rings. The fraction of sp³-hybridized carbons (Fsp3) is 0.600. The summed E-state index contributed by atoms with van der Waals surface area (Å²) in [5, 5.41) is 0. The monoisotopic (exact) mass is 221 g/mol. The molecule has 0 radical (unpaired) electrons. The van der Waals surface area contributed by atoms with Crippen molar-refractivity contribution in [3.05, 3.63) is 35.6 Å². The van der Waals surface area contributed by atoms with E-state index in [1.165, 1.54) is 29.6 Å². The summed E-state index contributed by atoms with van der Waals surface area (Å²) in [6.07, 6.45) is 8.39. The molecule has 0 amide bonds. The van der Waals surface area contributed by atoms with Crippen LogP contribution in [0.25, 0.3) is 0 Å². The highest BCUT2D eigenvalue weighted by Crippen LogP contribution is 2.23. The van der Waals surface area contributed by atoms with Crippen LogP contribution in [-0.2, 0) is 0 Å². The van der Waals surface area contributed by atoms with Crippen LogP contribution in [-0.4, -0.2) is 0 Å². The molecule has 0 heterocycles. The van der Waals surface area contributed by atoms with Gasteiger partial charge in [0.1, 0.15) is 0 Å². The molecule has 1 unspecified atom stereocenters. The maximum Gasteiger partial charge on any atom is -0.00645 e. The lowest BCUT2D eigenvalue weighted by atomic mass is 9.91. The Morgan fingerprint density at radius 1 is 1.38 bits per heavy atom. The van der Waals surface area contributed by atoms with Crippen LogP contribution < -0.4 is 5.73 Å². The van der Waals surface area contributed by atoms with Crippen LogP contribution in [0.5, 0.6) is 0 Å². The summed E-state index contributed by atoms with van der Waals surface area (Å²) in [6, 6.07) is 0. The molecule has 0 bridgehead atoms. The topological polar surface area (TPSA) is 26.0 Å². The molecule has 0 aliphatic heterocycles. The third-order valence-corrected chi connectivity index (χ3v) is 2.96. The predicted molar refractivity (Wildman–Crippen MR) is 74.1 cm³/mol. The Kier molecular flexibility index (Phi) is 7.70. The average molecular weight is 221 g/mol. The average Bonchev–Trinajstić information content (AvgIpc) is 2.25. The Labute approximate surface area is 101 Å². The third-order valence-electron chi connectivity index (χ3n) is 2.96. The Bertz CT molecular complexity index is 271. The van der Waals surface area contributed by atoms with E-state index in [2.05, 4.69) is 40.3 Å². The van der Waals surface area contributed by atoms with Gasteiger partial charge in [-0.25, -0.2) is 0 Å². The molecule has 1 atom stereocenters. The molecule has 0 saturated heterocycles. The second-order valence-corrected chi connectivity index (χ2v) is 4.61. The minimum absolute atomic E-state index is 0.591. The van der Waals surface area contributed by atoms with E-state index < -0.39 is 0 Å². The molecular weight excluding hydrogens is 194 g/mol. The zero-order valence-electron chi connectivity index (χ0n) is 11.3. The SMILES string of the molecule is C=C(/C=C(/C)C/C(=C\N)C(C)CCC)CC. The van der Waals surface area contributed by atoms with E-state index in [4.69, 9.17) is 5.73 Å². The van der Waals surface area contributed by atoms with Crippen LogP contribution in [0.15, 0.2) is 35.6 Å². The predicted octanol–water partition coefficient (Wildman–Crippen LogP) is 4.57. The highest BCUT2D eigenvalue weighted by atomic mass is 14.5. The molecule has 0 aliphatic carbocycles. The minimum atomic E-state index is 0.591. The number of nitrogens with two attached hydrogens (primary N) is 1. The molecule has 0 aliphatic rings. The Morgan fingerprint density at radius 2 is 2.00 bits per heavy atom. The molecule has 0 rings (SSSR count). The number of hydrogen-bond acceptors (Lipinski definition) is 1. The maximum atomic E-state index is 5.70. The standard InChI is InChI=1S/C15H27N/c1-6-8-14(5)15(11-16)10-13(4)9-12(3)7-2/h9,11,14H,3,6-8,10,16H2,1-2,4-5H3/b13-9-,15-11+. The zero-order chi connectivity index (χ0) is 12.6. The summed E-state index contributed by atoms with van der Waals surface area (Å²) in [4.78, 5) is 0. The van der Waals surface area contributed by atoms with Crippen molar-refractivity contribution >= 4 is 0 Å². The molecule has 0 spiro atoms. The number of rotatable bonds is 7. The van der Waals surface area contributed by atoms with Gasteiger partial charge in [0.15, 0.2) is 0 Å². The van der Waals surface area contributed by atoms with E-state index in [0.29, 0.717) is 5.92 Å². The zero-order valence-corrected chi connectivity index (χ0v) is 11.3. The van der Waals surface area contributed by atoms with Crippen molar-refractivity contribution in [1.29, 1.82) is 0 Å². The summed E-state index contributed by atoms with van der Waals surface area (Å²) in [7, 11) is 0. The Hall–Kier alpha value is -0.980. The van der Waals surface area contributed by atoms with Crippen molar-refractivity contribution in [3.8, 4) is 0 Å². The Balaban J connectivity index is 4.44. The summed E-state index contributed by atoms with van der Waals surface area (Å²) < 4.78 is 0. The fourth-order valence-electron chi connectivity index (χ4n) is 1.84. The first-order valence-electron chi connectivity index (χ1n) is 6.30. The van der Waals surface area contributed by atoms with Gasteiger partial charge in [0, 0.05) is 0 Å². The molecule has 16 heavy (non-hydrogen) atoms. The summed E-state index contributed by atoms with van der Waals surface area (Å²) in [6.45, 7) is 12.8. The van der Waals surface area contributed by atoms with Gasteiger partial charge in [0.25, 0.3) is 0 Å². The van der Waals surface area contributed by atoms with E-state index in [1.54, 1.807) is 6.20 Å².